The minimum absolute atomic E-state index is 0.351. The van der Waals surface area contributed by atoms with Crippen LogP contribution in [0.2, 0.25) is 0 Å². The van der Waals surface area contributed by atoms with Crippen LogP contribution in [0.25, 0.3) is 10.8 Å². The third-order valence-electron chi connectivity index (χ3n) is 3.98. The first kappa shape index (κ1) is 15.0. The molecule has 3 nitrogen and oxygen atoms in total. The lowest BCUT2D eigenvalue weighted by Crippen LogP contribution is -2.44. The molecule has 0 aliphatic heterocycles. The third kappa shape index (κ3) is 2.86. The fourth-order valence-electron chi connectivity index (χ4n) is 2.20. The van der Waals surface area contributed by atoms with Gasteiger partial charge in [0, 0.05) is 10.9 Å². The molecule has 0 radical (unpaired) electrons. The molecule has 0 saturated heterocycles. The smallest absolute Gasteiger partial charge is 0.207 e. The van der Waals surface area contributed by atoms with Gasteiger partial charge in [-0.15, -0.1) is 0 Å². The van der Waals surface area contributed by atoms with Crippen LogP contribution in [0.5, 0.6) is 0 Å². The second kappa shape index (κ2) is 5.54. The van der Waals surface area contributed by atoms with Crippen LogP contribution in [0.4, 0.5) is 0 Å². The Balaban J connectivity index is 2.53. The molecule has 0 aliphatic carbocycles. The van der Waals surface area contributed by atoms with Crippen LogP contribution in [-0.4, -0.2) is 14.0 Å². The normalized spacial score (nSPS) is 12.8. The van der Waals surface area contributed by atoms with E-state index in [0.29, 0.717) is 4.90 Å². The summed E-state index contributed by atoms with van der Waals surface area (Å²) in [6.45, 7) is 5.93. The van der Waals surface area contributed by atoms with Crippen molar-refractivity contribution in [3.05, 3.63) is 42.5 Å². The van der Waals surface area contributed by atoms with E-state index in [9.17, 15) is 8.42 Å². The number of sulfonamides is 1. The summed E-state index contributed by atoms with van der Waals surface area (Å²) in [5.41, 5.74) is -0.407. The van der Waals surface area contributed by atoms with E-state index < -0.39 is 15.6 Å². The Hall–Kier alpha value is -1.39. The largest absolute Gasteiger partial charge is 0.241 e. The summed E-state index contributed by atoms with van der Waals surface area (Å²) in [5.74, 6) is 0. The van der Waals surface area contributed by atoms with Crippen molar-refractivity contribution in [1.29, 1.82) is 0 Å². The van der Waals surface area contributed by atoms with E-state index in [4.69, 9.17) is 0 Å². The van der Waals surface area contributed by atoms with Gasteiger partial charge in [-0.05, 0) is 31.2 Å². The van der Waals surface area contributed by atoms with E-state index in [0.717, 1.165) is 23.6 Å². The Bertz CT molecular complexity index is 698. The van der Waals surface area contributed by atoms with Crippen LogP contribution in [0, 0.1) is 0 Å². The Labute approximate surface area is 121 Å². The maximum Gasteiger partial charge on any atom is 0.241 e. The summed E-state index contributed by atoms with van der Waals surface area (Å²) in [7, 11) is -3.52. The number of rotatable bonds is 5. The summed E-state index contributed by atoms with van der Waals surface area (Å²) >= 11 is 0. The molecule has 20 heavy (non-hydrogen) atoms. The molecule has 0 amide bonds. The van der Waals surface area contributed by atoms with Gasteiger partial charge in [0.1, 0.15) is 0 Å². The van der Waals surface area contributed by atoms with Crippen molar-refractivity contribution in [2.24, 2.45) is 0 Å². The molecule has 0 bridgehead atoms. The molecule has 108 valence electrons. The van der Waals surface area contributed by atoms with Crippen molar-refractivity contribution in [2.75, 3.05) is 0 Å². The molecule has 0 spiro atoms. The number of nitrogens with one attached hydrogen (secondary N) is 1. The third-order valence-corrected chi connectivity index (χ3v) is 5.68. The highest BCUT2D eigenvalue weighted by Crippen LogP contribution is 2.25. The van der Waals surface area contributed by atoms with Gasteiger partial charge in [-0.3, -0.25) is 0 Å². The summed E-state index contributed by atoms with van der Waals surface area (Å²) < 4.78 is 28.2. The molecule has 0 aliphatic rings. The highest BCUT2D eigenvalue weighted by molar-refractivity contribution is 7.89. The zero-order chi connectivity index (χ0) is 14.8. The molecular formula is C16H21NO2S. The Kier molecular flexibility index (Phi) is 4.16. The Morgan fingerprint density at radius 2 is 1.60 bits per heavy atom. The molecule has 1 N–H and O–H groups in total. The molecule has 0 fully saturated rings. The molecule has 0 unspecified atom stereocenters. The van der Waals surface area contributed by atoms with Gasteiger partial charge in [0.25, 0.3) is 0 Å². The lowest BCUT2D eigenvalue weighted by atomic mass is 9.98. The average molecular weight is 291 g/mol. The molecule has 4 heteroatoms. The molecule has 2 aromatic rings. The van der Waals surface area contributed by atoms with E-state index in [1.54, 1.807) is 12.1 Å². The highest BCUT2D eigenvalue weighted by Gasteiger charge is 2.28. The number of hydrogen-bond acceptors (Lipinski definition) is 2. The van der Waals surface area contributed by atoms with Crippen LogP contribution >= 0.6 is 0 Å². The van der Waals surface area contributed by atoms with E-state index in [2.05, 4.69) is 4.72 Å². The number of benzene rings is 2. The monoisotopic (exact) mass is 291 g/mol. The van der Waals surface area contributed by atoms with E-state index >= 15 is 0 Å². The van der Waals surface area contributed by atoms with Crippen LogP contribution in [0.1, 0.15) is 33.6 Å². The number of fused-ring (bicyclic) bond motifs is 1. The van der Waals surface area contributed by atoms with Gasteiger partial charge < -0.3 is 0 Å². The van der Waals surface area contributed by atoms with E-state index in [-0.39, 0.29) is 0 Å². The number of hydrogen-bond donors (Lipinski definition) is 1. The fourth-order valence-corrected chi connectivity index (χ4v) is 3.98. The van der Waals surface area contributed by atoms with Gasteiger partial charge in [0.15, 0.2) is 0 Å². The second-order valence-corrected chi connectivity index (χ2v) is 7.00. The summed E-state index contributed by atoms with van der Waals surface area (Å²) in [5, 5.41) is 1.70. The molecular weight excluding hydrogens is 270 g/mol. The summed E-state index contributed by atoms with van der Waals surface area (Å²) in [6, 6.07) is 12.9. The zero-order valence-corrected chi connectivity index (χ0v) is 13.0. The lowest BCUT2D eigenvalue weighted by molar-refractivity contribution is 0.389. The first-order valence-electron chi connectivity index (χ1n) is 6.93. The predicted molar refractivity (Wildman–Crippen MR) is 83.3 cm³/mol. The fraction of sp³-hybridized carbons (Fsp3) is 0.375. The van der Waals surface area contributed by atoms with Crippen molar-refractivity contribution in [2.45, 2.75) is 44.0 Å². The van der Waals surface area contributed by atoms with Crippen molar-refractivity contribution in [3.63, 3.8) is 0 Å². The SMILES string of the molecule is CCC(C)(CC)NS(=O)(=O)c1cccc2ccccc12. The molecule has 0 saturated carbocycles. The molecule has 0 heterocycles. The summed E-state index contributed by atoms with van der Waals surface area (Å²) in [4.78, 5) is 0.351. The minimum atomic E-state index is -3.52. The van der Waals surface area contributed by atoms with Crippen LogP contribution in [-0.2, 0) is 10.0 Å². The van der Waals surface area contributed by atoms with Crippen molar-refractivity contribution >= 4 is 20.8 Å². The van der Waals surface area contributed by atoms with Crippen molar-refractivity contribution in [3.8, 4) is 0 Å². The van der Waals surface area contributed by atoms with E-state index in [1.807, 2.05) is 51.1 Å². The quantitative estimate of drug-likeness (QED) is 0.913. The van der Waals surface area contributed by atoms with Gasteiger partial charge in [-0.1, -0.05) is 50.2 Å². The maximum atomic E-state index is 12.7. The van der Waals surface area contributed by atoms with Gasteiger partial charge >= 0.3 is 0 Å². The first-order chi connectivity index (χ1) is 9.42. The molecule has 2 aromatic carbocycles. The van der Waals surface area contributed by atoms with Gasteiger partial charge in [0.05, 0.1) is 4.90 Å². The van der Waals surface area contributed by atoms with Gasteiger partial charge in [-0.2, -0.15) is 0 Å². The molecule has 0 aromatic heterocycles. The first-order valence-corrected chi connectivity index (χ1v) is 8.42. The van der Waals surface area contributed by atoms with Crippen LogP contribution in [0.3, 0.4) is 0 Å². The van der Waals surface area contributed by atoms with Crippen molar-refractivity contribution in [1.82, 2.24) is 4.72 Å². The minimum Gasteiger partial charge on any atom is -0.207 e. The van der Waals surface area contributed by atoms with Gasteiger partial charge in [-0.25, -0.2) is 13.1 Å². The predicted octanol–water partition coefficient (Wildman–Crippen LogP) is 3.70. The Morgan fingerprint density at radius 1 is 1.00 bits per heavy atom. The molecule has 2 rings (SSSR count). The maximum absolute atomic E-state index is 12.7. The Morgan fingerprint density at radius 3 is 2.25 bits per heavy atom. The van der Waals surface area contributed by atoms with Crippen LogP contribution in [0.15, 0.2) is 47.4 Å². The zero-order valence-electron chi connectivity index (χ0n) is 12.2. The lowest BCUT2D eigenvalue weighted by Gasteiger charge is -2.28. The standard InChI is InChI=1S/C16H21NO2S/c1-4-16(3,5-2)17-20(18,19)15-12-8-10-13-9-6-7-11-14(13)15/h6-12,17H,4-5H2,1-3H3. The topological polar surface area (TPSA) is 46.2 Å². The van der Waals surface area contributed by atoms with Gasteiger partial charge in [0.2, 0.25) is 10.0 Å². The van der Waals surface area contributed by atoms with Crippen molar-refractivity contribution < 1.29 is 8.42 Å². The average Bonchev–Trinajstić information content (AvgIpc) is 2.46. The molecule has 0 atom stereocenters. The van der Waals surface area contributed by atoms with E-state index in [1.165, 1.54) is 0 Å². The van der Waals surface area contributed by atoms with Crippen LogP contribution < -0.4 is 4.72 Å². The second-order valence-electron chi connectivity index (χ2n) is 5.35. The summed E-state index contributed by atoms with van der Waals surface area (Å²) in [6.07, 6.45) is 1.51. The highest BCUT2D eigenvalue weighted by atomic mass is 32.2.